The lowest BCUT2D eigenvalue weighted by molar-refractivity contribution is 0.102. The highest BCUT2D eigenvalue weighted by atomic mass is 19.1. The third-order valence-corrected chi connectivity index (χ3v) is 5.44. The first-order valence-electron chi connectivity index (χ1n) is 11.4. The Hall–Kier alpha value is -5.24. The van der Waals surface area contributed by atoms with E-state index in [0.29, 0.717) is 22.9 Å². The number of rotatable bonds is 7. The fourth-order valence-corrected chi connectivity index (χ4v) is 3.61. The van der Waals surface area contributed by atoms with E-state index in [1.807, 2.05) is 48.5 Å². The maximum atomic E-state index is 13.3. The van der Waals surface area contributed by atoms with Crippen molar-refractivity contribution in [1.29, 1.82) is 0 Å². The molecule has 182 valence electrons. The molecule has 1 aromatic heterocycles. The fraction of sp³-hybridized carbons (Fsp3) is 0. The molecular formula is C29H21FN4O3. The Morgan fingerprint density at radius 2 is 1.32 bits per heavy atom. The van der Waals surface area contributed by atoms with Gasteiger partial charge in [-0.15, -0.1) is 0 Å². The molecule has 0 saturated carbocycles. The van der Waals surface area contributed by atoms with Crippen LogP contribution in [0.3, 0.4) is 0 Å². The molecule has 0 unspecified atom stereocenters. The number of carbonyl (C=O) groups is 2. The fourth-order valence-electron chi connectivity index (χ4n) is 3.61. The Morgan fingerprint density at radius 1 is 0.703 bits per heavy atom. The van der Waals surface area contributed by atoms with Crippen LogP contribution in [-0.4, -0.2) is 21.6 Å². The summed E-state index contributed by atoms with van der Waals surface area (Å²) in [7, 11) is 0. The molecule has 0 fully saturated rings. The molecule has 37 heavy (non-hydrogen) atoms. The minimum absolute atomic E-state index is 0.156. The van der Waals surface area contributed by atoms with Gasteiger partial charge >= 0.3 is 0 Å². The second kappa shape index (κ2) is 10.6. The summed E-state index contributed by atoms with van der Waals surface area (Å²) in [6.45, 7) is 0. The van der Waals surface area contributed by atoms with E-state index in [0.717, 1.165) is 0 Å². The van der Waals surface area contributed by atoms with Crippen molar-refractivity contribution in [2.24, 2.45) is 0 Å². The van der Waals surface area contributed by atoms with Crippen molar-refractivity contribution in [3.8, 4) is 17.2 Å². The topological polar surface area (TPSA) is 85.2 Å². The van der Waals surface area contributed by atoms with Gasteiger partial charge in [-0.2, -0.15) is 5.10 Å². The smallest absolute Gasteiger partial charge is 0.261 e. The standard InChI is InChI=1S/C29H21FN4O3/c30-21-13-11-20(12-14-21)28(35)33-27-26(19-31-34(27)23-7-3-1-4-8-23)29(36)32-22-15-17-25(18-16-22)37-24-9-5-2-6-10-24/h1-19H,(H,32,36)(H,33,35). The number of halogens is 1. The number of nitrogens with zero attached hydrogens (tertiary/aromatic N) is 2. The van der Waals surface area contributed by atoms with Gasteiger partial charge in [0.15, 0.2) is 0 Å². The number of ether oxygens (including phenoxy) is 1. The summed E-state index contributed by atoms with van der Waals surface area (Å²) in [5, 5.41) is 9.91. The molecule has 0 radical (unpaired) electrons. The normalized spacial score (nSPS) is 10.5. The van der Waals surface area contributed by atoms with E-state index in [1.54, 1.807) is 36.4 Å². The Morgan fingerprint density at radius 3 is 2.00 bits per heavy atom. The molecule has 0 atom stereocenters. The third kappa shape index (κ3) is 5.54. The number of hydrogen-bond donors (Lipinski definition) is 2. The van der Waals surface area contributed by atoms with Gasteiger partial charge in [0.05, 0.1) is 11.9 Å². The molecule has 0 aliphatic heterocycles. The predicted molar refractivity (Wildman–Crippen MR) is 139 cm³/mol. The summed E-state index contributed by atoms with van der Waals surface area (Å²) in [4.78, 5) is 26.1. The van der Waals surface area contributed by atoms with Crippen molar-refractivity contribution in [1.82, 2.24) is 9.78 Å². The number of hydrogen-bond acceptors (Lipinski definition) is 4. The molecule has 5 rings (SSSR count). The molecule has 8 heteroatoms. The number of anilines is 2. The summed E-state index contributed by atoms with van der Waals surface area (Å²) < 4.78 is 20.6. The monoisotopic (exact) mass is 492 g/mol. The summed E-state index contributed by atoms with van der Waals surface area (Å²) in [5.41, 5.74) is 1.58. The molecule has 7 nitrogen and oxygen atoms in total. The zero-order chi connectivity index (χ0) is 25.6. The zero-order valence-corrected chi connectivity index (χ0v) is 19.5. The van der Waals surface area contributed by atoms with Gasteiger partial charge in [-0.25, -0.2) is 9.07 Å². The Bertz CT molecular complexity index is 1520. The van der Waals surface area contributed by atoms with Gasteiger partial charge in [-0.3, -0.25) is 9.59 Å². The molecule has 2 N–H and O–H groups in total. The van der Waals surface area contributed by atoms with Crippen LogP contribution in [0.2, 0.25) is 0 Å². The SMILES string of the molecule is O=C(Nc1c(C(=O)Nc2ccc(Oc3ccccc3)cc2)cnn1-c1ccccc1)c1ccc(F)cc1. The maximum Gasteiger partial charge on any atom is 0.261 e. The lowest BCUT2D eigenvalue weighted by Crippen LogP contribution is -2.19. The van der Waals surface area contributed by atoms with Crippen molar-refractivity contribution in [2.75, 3.05) is 10.6 Å². The molecule has 4 aromatic carbocycles. The summed E-state index contributed by atoms with van der Waals surface area (Å²) in [5.74, 6) is 0.0816. The molecule has 0 saturated heterocycles. The Labute approximate surface area is 212 Å². The molecule has 0 bridgehead atoms. The van der Waals surface area contributed by atoms with Crippen LogP contribution in [-0.2, 0) is 0 Å². The molecule has 0 aliphatic rings. The van der Waals surface area contributed by atoms with Crippen LogP contribution in [0.5, 0.6) is 11.5 Å². The number of aromatic nitrogens is 2. The quantitative estimate of drug-likeness (QED) is 0.279. The van der Waals surface area contributed by atoms with Gasteiger partial charge in [0, 0.05) is 11.3 Å². The first kappa shape index (κ1) is 23.5. The second-order valence-electron chi connectivity index (χ2n) is 8.01. The van der Waals surface area contributed by atoms with E-state index in [-0.39, 0.29) is 16.9 Å². The molecule has 0 spiro atoms. The van der Waals surface area contributed by atoms with Crippen LogP contribution in [0.1, 0.15) is 20.7 Å². The molecule has 2 amide bonds. The zero-order valence-electron chi connectivity index (χ0n) is 19.5. The third-order valence-electron chi connectivity index (χ3n) is 5.44. The highest BCUT2D eigenvalue weighted by Crippen LogP contribution is 2.25. The van der Waals surface area contributed by atoms with Crippen molar-refractivity contribution >= 4 is 23.3 Å². The summed E-state index contributed by atoms with van der Waals surface area (Å²) in [6, 6.07) is 30.5. The van der Waals surface area contributed by atoms with Gasteiger partial charge in [0.1, 0.15) is 28.7 Å². The maximum absolute atomic E-state index is 13.3. The van der Waals surface area contributed by atoms with Crippen molar-refractivity contribution in [3.05, 3.63) is 132 Å². The second-order valence-corrected chi connectivity index (χ2v) is 8.01. The van der Waals surface area contributed by atoms with Crippen LogP contribution in [0.15, 0.2) is 115 Å². The number of nitrogens with one attached hydrogen (secondary N) is 2. The average molecular weight is 493 g/mol. The van der Waals surface area contributed by atoms with Crippen molar-refractivity contribution in [3.63, 3.8) is 0 Å². The average Bonchev–Trinajstić information content (AvgIpc) is 3.35. The minimum Gasteiger partial charge on any atom is -0.457 e. The van der Waals surface area contributed by atoms with E-state index in [2.05, 4.69) is 15.7 Å². The lowest BCUT2D eigenvalue weighted by Gasteiger charge is -2.12. The minimum atomic E-state index is -0.505. The van der Waals surface area contributed by atoms with Crippen LogP contribution in [0, 0.1) is 5.82 Å². The van der Waals surface area contributed by atoms with E-state index < -0.39 is 17.6 Å². The lowest BCUT2D eigenvalue weighted by atomic mass is 10.2. The van der Waals surface area contributed by atoms with Crippen LogP contribution in [0.25, 0.3) is 5.69 Å². The first-order valence-corrected chi connectivity index (χ1v) is 11.4. The van der Waals surface area contributed by atoms with Gasteiger partial charge in [0.2, 0.25) is 0 Å². The largest absolute Gasteiger partial charge is 0.457 e. The first-order chi connectivity index (χ1) is 18.1. The Balaban J connectivity index is 1.38. The number of amides is 2. The molecule has 1 heterocycles. The van der Waals surface area contributed by atoms with Crippen molar-refractivity contribution in [2.45, 2.75) is 0 Å². The number of carbonyl (C=O) groups excluding carboxylic acids is 2. The van der Waals surface area contributed by atoms with Crippen molar-refractivity contribution < 1.29 is 18.7 Å². The van der Waals surface area contributed by atoms with Crippen LogP contribution < -0.4 is 15.4 Å². The van der Waals surface area contributed by atoms with E-state index in [9.17, 15) is 14.0 Å². The highest BCUT2D eigenvalue weighted by Gasteiger charge is 2.21. The van der Waals surface area contributed by atoms with Crippen LogP contribution >= 0.6 is 0 Å². The molecule has 5 aromatic rings. The summed E-state index contributed by atoms with van der Waals surface area (Å²) >= 11 is 0. The van der Waals surface area contributed by atoms with E-state index in [4.69, 9.17) is 4.74 Å². The van der Waals surface area contributed by atoms with Gasteiger partial charge < -0.3 is 15.4 Å². The van der Waals surface area contributed by atoms with E-state index >= 15 is 0 Å². The van der Waals surface area contributed by atoms with Gasteiger partial charge in [0.25, 0.3) is 11.8 Å². The number of para-hydroxylation sites is 2. The summed E-state index contributed by atoms with van der Waals surface area (Å²) in [6.07, 6.45) is 1.38. The van der Waals surface area contributed by atoms with Gasteiger partial charge in [-0.1, -0.05) is 36.4 Å². The molecule has 0 aliphatic carbocycles. The van der Waals surface area contributed by atoms with E-state index in [1.165, 1.54) is 35.1 Å². The van der Waals surface area contributed by atoms with Gasteiger partial charge in [-0.05, 0) is 72.8 Å². The van der Waals surface area contributed by atoms with Crippen LogP contribution in [0.4, 0.5) is 15.9 Å². The number of benzene rings is 4. The predicted octanol–water partition coefficient (Wildman–Crippen LogP) is 6.31. The Kier molecular flexibility index (Phi) is 6.72. The molecular weight excluding hydrogens is 471 g/mol. The highest BCUT2D eigenvalue weighted by molar-refractivity contribution is 6.12.